The van der Waals surface area contributed by atoms with Gasteiger partial charge in [0.05, 0.1) is 6.10 Å². The molecule has 11 heavy (non-hydrogen) atoms. The third-order valence-corrected chi connectivity index (χ3v) is 3.33. The van der Waals surface area contributed by atoms with E-state index in [1.807, 2.05) is 0 Å². The predicted octanol–water partition coefficient (Wildman–Crippen LogP) is 0.885. The van der Waals surface area contributed by atoms with Crippen LogP contribution >= 0.6 is 0 Å². The minimum Gasteiger partial charge on any atom is -0.393 e. The summed E-state index contributed by atoms with van der Waals surface area (Å²) in [6.45, 7) is 0. The van der Waals surface area contributed by atoms with E-state index >= 15 is 0 Å². The third-order valence-electron chi connectivity index (χ3n) is 3.33. The van der Waals surface area contributed by atoms with Crippen LogP contribution in [0.3, 0.4) is 0 Å². The largest absolute Gasteiger partial charge is 0.393 e. The Morgan fingerprint density at radius 2 is 1.64 bits per heavy atom. The van der Waals surface area contributed by atoms with Gasteiger partial charge in [0.25, 0.3) is 0 Å². The molecular formula is C9H17NO. The minimum atomic E-state index is -0.0245. The summed E-state index contributed by atoms with van der Waals surface area (Å²) >= 11 is 0. The molecule has 2 aliphatic rings. The molecule has 0 heterocycles. The van der Waals surface area contributed by atoms with Crippen molar-refractivity contribution in [3.63, 3.8) is 0 Å². The monoisotopic (exact) mass is 155 g/mol. The van der Waals surface area contributed by atoms with E-state index in [9.17, 15) is 5.11 Å². The second-order valence-electron chi connectivity index (χ2n) is 4.17. The maximum atomic E-state index is 9.75. The van der Waals surface area contributed by atoms with Gasteiger partial charge in [-0.3, -0.25) is 0 Å². The highest BCUT2D eigenvalue weighted by Gasteiger charge is 2.37. The molecular weight excluding hydrogens is 138 g/mol. The number of aliphatic hydroxyl groups excluding tert-OH is 1. The fraction of sp³-hybridized carbons (Fsp3) is 1.00. The van der Waals surface area contributed by atoms with Gasteiger partial charge in [-0.2, -0.15) is 0 Å². The second kappa shape index (κ2) is 2.76. The normalized spacial score (nSPS) is 50.7. The molecule has 2 fully saturated rings. The summed E-state index contributed by atoms with van der Waals surface area (Å²) in [4.78, 5) is 0. The molecule has 0 spiro atoms. The fourth-order valence-corrected chi connectivity index (χ4v) is 2.76. The van der Waals surface area contributed by atoms with E-state index in [4.69, 9.17) is 5.73 Å². The Bertz CT molecular complexity index is 134. The number of hydrogen-bond donors (Lipinski definition) is 2. The fourth-order valence-electron chi connectivity index (χ4n) is 2.76. The van der Waals surface area contributed by atoms with Gasteiger partial charge in [-0.15, -0.1) is 0 Å². The molecule has 0 aliphatic heterocycles. The van der Waals surface area contributed by atoms with Crippen LogP contribution in [0.2, 0.25) is 0 Å². The first-order chi connectivity index (χ1) is 5.27. The predicted molar refractivity (Wildman–Crippen MR) is 44.0 cm³/mol. The van der Waals surface area contributed by atoms with Crippen molar-refractivity contribution in [1.82, 2.24) is 0 Å². The minimum absolute atomic E-state index is 0.0245. The van der Waals surface area contributed by atoms with Crippen molar-refractivity contribution < 1.29 is 5.11 Å². The van der Waals surface area contributed by atoms with Gasteiger partial charge in [-0.1, -0.05) is 6.42 Å². The number of hydrogen-bond acceptors (Lipinski definition) is 2. The molecule has 2 heteroatoms. The summed E-state index contributed by atoms with van der Waals surface area (Å²) in [6.07, 6.45) is 5.79. The van der Waals surface area contributed by atoms with E-state index in [0.717, 1.165) is 12.8 Å². The second-order valence-corrected chi connectivity index (χ2v) is 4.17. The Kier molecular flexibility index (Phi) is 1.90. The Balaban J connectivity index is 2.07. The van der Waals surface area contributed by atoms with Crippen molar-refractivity contribution in [2.45, 2.75) is 44.2 Å². The zero-order valence-corrected chi connectivity index (χ0v) is 6.87. The number of rotatable bonds is 0. The molecule has 2 rings (SSSR count). The van der Waals surface area contributed by atoms with Gasteiger partial charge < -0.3 is 10.8 Å². The highest BCUT2D eigenvalue weighted by molar-refractivity contribution is 4.90. The van der Waals surface area contributed by atoms with E-state index in [1.165, 1.54) is 19.3 Å². The molecule has 2 saturated carbocycles. The summed E-state index contributed by atoms with van der Waals surface area (Å²) in [7, 11) is 0. The maximum absolute atomic E-state index is 9.75. The topological polar surface area (TPSA) is 46.2 Å². The highest BCUT2D eigenvalue weighted by atomic mass is 16.3. The molecule has 0 radical (unpaired) electrons. The SMILES string of the molecule is N[C@H]1C[C@H]2CCC[C@@H](C1)C2O. The molecule has 0 aromatic carbocycles. The van der Waals surface area contributed by atoms with Crippen molar-refractivity contribution in [3.8, 4) is 0 Å². The first kappa shape index (κ1) is 7.56. The first-order valence-electron chi connectivity index (χ1n) is 4.71. The van der Waals surface area contributed by atoms with Gasteiger partial charge in [0.15, 0.2) is 0 Å². The van der Waals surface area contributed by atoms with Crippen LogP contribution in [0.5, 0.6) is 0 Å². The lowest BCUT2D eigenvalue weighted by atomic mass is 9.68. The van der Waals surface area contributed by atoms with Gasteiger partial charge in [0.1, 0.15) is 0 Å². The van der Waals surface area contributed by atoms with Gasteiger partial charge >= 0.3 is 0 Å². The summed E-state index contributed by atoms with van der Waals surface area (Å²) in [5, 5.41) is 9.75. The average Bonchev–Trinajstić information content (AvgIpc) is 1.92. The van der Waals surface area contributed by atoms with Crippen LogP contribution in [0.15, 0.2) is 0 Å². The van der Waals surface area contributed by atoms with Crippen molar-refractivity contribution in [3.05, 3.63) is 0 Å². The summed E-state index contributed by atoms with van der Waals surface area (Å²) < 4.78 is 0. The lowest BCUT2D eigenvalue weighted by molar-refractivity contribution is -0.0202. The summed E-state index contributed by atoms with van der Waals surface area (Å²) in [5.74, 6) is 1.05. The van der Waals surface area contributed by atoms with Crippen LogP contribution in [0, 0.1) is 11.8 Å². The average molecular weight is 155 g/mol. The molecule has 3 N–H and O–H groups in total. The molecule has 0 saturated heterocycles. The zero-order chi connectivity index (χ0) is 7.84. The van der Waals surface area contributed by atoms with E-state index < -0.39 is 0 Å². The molecule has 0 aromatic heterocycles. The van der Waals surface area contributed by atoms with Crippen LogP contribution in [0.25, 0.3) is 0 Å². The Morgan fingerprint density at radius 1 is 1.09 bits per heavy atom. The van der Waals surface area contributed by atoms with Gasteiger partial charge in [0, 0.05) is 6.04 Å². The molecule has 2 bridgehead atoms. The molecule has 4 atom stereocenters. The Labute approximate surface area is 67.8 Å². The molecule has 0 amide bonds. The van der Waals surface area contributed by atoms with Gasteiger partial charge in [-0.25, -0.2) is 0 Å². The first-order valence-corrected chi connectivity index (χ1v) is 4.71. The standard InChI is InChI=1S/C9H17NO/c10-8-4-6-2-1-3-7(5-8)9(6)11/h6-9,11H,1-5,10H2/t6-,7+,8+,9?. The van der Waals surface area contributed by atoms with Crippen LogP contribution in [0.1, 0.15) is 32.1 Å². The van der Waals surface area contributed by atoms with Crippen LogP contribution in [-0.2, 0) is 0 Å². The molecule has 2 nitrogen and oxygen atoms in total. The van der Waals surface area contributed by atoms with Crippen molar-refractivity contribution >= 4 is 0 Å². The maximum Gasteiger partial charge on any atom is 0.0597 e. The number of fused-ring (bicyclic) bond motifs is 2. The molecule has 1 unspecified atom stereocenters. The van der Waals surface area contributed by atoms with Crippen LogP contribution in [-0.4, -0.2) is 17.3 Å². The van der Waals surface area contributed by atoms with Crippen molar-refractivity contribution in [1.29, 1.82) is 0 Å². The number of nitrogens with two attached hydrogens (primary N) is 1. The zero-order valence-electron chi connectivity index (χ0n) is 6.87. The summed E-state index contributed by atoms with van der Waals surface area (Å²) in [5.41, 5.74) is 5.88. The van der Waals surface area contributed by atoms with E-state index in [2.05, 4.69) is 0 Å². The summed E-state index contributed by atoms with van der Waals surface area (Å²) in [6, 6.07) is 0.369. The quantitative estimate of drug-likeness (QED) is 0.545. The Morgan fingerprint density at radius 3 is 2.18 bits per heavy atom. The van der Waals surface area contributed by atoms with E-state index in [-0.39, 0.29) is 6.10 Å². The van der Waals surface area contributed by atoms with Gasteiger partial charge in [0.2, 0.25) is 0 Å². The molecule has 64 valence electrons. The third kappa shape index (κ3) is 1.30. The molecule has 2 aliphatic carbocycles. The number of aliphatic hydroxyl groups is 1. The molecule has 0 aromatic rings. The van der Waals surface area contributed by atoms with Gasteiger partial charge in [-0.05, 0) is 37.5 Å². The Hall–Kier alpha value is -0.0800. The lowest BCUT2D eigenvalue weighted by Gasteiger charge is -2.42. The van der Waals surface area contributed by atoms with E-state index in [0.29, 0.717) is 17.9 Å². The highest BCUT2D eigenvalue weighted by Crippen LogP contribution is 2.39. The van der Waals surface area contributed by atoms with Crippen molar-refractivity contribution in [2.24, 2.45) is 17.6 Å². The van der Waals surface area contributed by atoms with Crippen LogP contribution in [0.4, 0.5) is 0 Å². The van der Waals surface area contributed by atoms with E-state index in [1.54, 1.807) is 0 Å². The lowest BCUT2D eigenvalue weighted by Crippen LogP contribution is -2.45. The van der Waals surface area contributed by atoms with Crippen molar-refractivity contribution in [2.75, 3.05) is 0 Å². The van der Waals surface area contributed by atoms with Crippen LogP contribution < -0.4 is 5.73 Å². The smallest absolute Gasteiger partial charge is 0.0597 e.